The van der Waals surface area contributed by atoms with Crippen LogP contribution in [0, 0.1) is 0 Å². The fourth-order valence-electron chi connectivity index (χ4n) is 7.76. The average Bonchev–Trinajstić information content (AvgIpc) is 2.99. The molecule has 0 aromatic carbocycles. The predicted octanol–water partition coefficient (Wildman–Crippen LogP) is 8.68. The van der Waals surface area contributed by atoms with Crippen molar-refractivity contribution >= 4 is 7.82 Å². The third-order valence-corrected chi connectivity index (χ3v) is 9.24. The van der Waals surface area contributed by atoms with Crippen molar-refractivity contribution in [3.05, 3.63) is 0 Å². The molecule has 0 aliphatic carbocycles. The molecule has 0 aromatic rings. The van der Waals surface area contributed by atoms with E-state index >= 15 is 0 Å². The van der Waals surface area contributed by atoms with Crippen LogP contribution in [0.2, 0.25) is 0 Å². The standard InChI is InChI=1S/3C13H30N.H3O4P/c3*1-5-9-13-14(10-6-2,11-7-3)12-8-4;1-5(2,3)4/h3*5-13H2,1-4H3;(H3,1,2,3,4)/q3*+1;/p-3. The van der Waals surface area contributed by atoms with Crippen LogP contribution in [0.5, 0.6) is 0 Å². The summed E-state index contributed by atoms with van der Waals surface area (Å²) in [4.78, 5) is 25.6. The molecule has 0 saturated carbocycles. The van der Waals surface area contributed by atoms with Gasteiger partial charge in [-0.05, 0) is 77.0 Å². The quantitative estimate of drug-likeness (QED) is 0.0636. The zero-order chi connectivity index (χ0) is 37.1. The lowest BCUT2D eigenvalue weighted by atomic mass is 10.2. The fourth-order valence-corrected chi connectivity index (χ4v) is 7.76. The minimum absolute atomic E-state index is 1.34. The smallest absolute Gasteiger partial charge is 0.0786 e. The maximum absolute atomic E-state index is 8.55. The van der Waals surface area contributed by atoms with Crippen LogP contribution in [-0.4, -0.2) is 92.0 Å². The summed E-state index contributed by atoms with van der Waals surface area (Å²) in [5, 5.41) is 0. The van der Waals surface area contributed by atoms with E-state index in [1.54, 1.807) is 0 Å². The van der Waals surface area contributed by atoms with E-state index in [2.05, 4.69) is 83.1 Å². The van der Waals surface area contributed by atoms with Crippen LogP contribution in [0.3, 0.4) is 0 Å². The number of quaternary nitrogens is 3. The first-order valence-electron chi connectivity index (χ1n) is 20.5. The Balaban J connectivity index is -0.000000275. The first-order chi connectivity index (χ1) is 22.2. The van der Waals surface area contributed by atoms with E-state index in [1.165, 1.54) is 188 Å². The van der Waals surface area contributed by atoms with Gasteiger partial charge in [0, 0.05) is 0 Å². The maximum atomic E-state index is 8.55. The summed E-state index contributed by atoms with van der Waals surface area (Å²) < 4.78 is 12.7. The van der Waals surface area contributed by atoms with Gasteiger partial charge in [0.05, 0.1) is 78.5 Å². The molecule has 0 N–H and O–H groups in total. The summed E-state index contributed by atoms with van der Waals surface area (Å²) in [6.45, 7) is 44.6. The van der Waals surface area contributed by atoms with Gasteiger partial charge in [-0.2, -0.15) is 7.82 Å². The van der Waals surface area contributed by atoms with Crippen molar-refractivity contribution in [1.82, 2.24) is 0 Å². The van der Waals surface area contributed by atoms with Gasteiger partial charge in [0.2, 0.25) is 0 Å². The van der Waals surface area contributed by atoms with E-state index in [-0.39, 0.29) is 0 Å². The van der Waals surface area contributed by atoms with Crippen LogP contribution in [-0.2, 0) is 4.57 Å². The number of rotatable bonds is 27. The van der Waals surface area contributed by atoms with E-state index in [1.807, 2.05) is 0 Å². The Labute approximate surface area is 297 Å². The van der Waals surface area contributed by atoms with Crippen LogP contribution >= 0.6 is 7.82 Å². The topological polar surface area (TPSA) is 86.2 Å². The summed E-state index contributed by atoms with van der Waals surface area (Å²) >= 11 is 0. The molecule has 0 saturated heterocycles. The van der Waals surface area contributed by atoms with Gasteiger partial charge in [-0.1, -0.05) is 102 Å². The Morgan fingerprint density at radius 2 is 0.426 bits per heavy atom. The maximum Gasteiger partial charge on any atom is 0.0786 e. The fraction of sp³-hybridized carbons (Fsp3) is 1.00. The number of hydrogen-bond acceptors (Lipinski definition) is 4. The van der Waals surface area contributed by atoms with Crippen LogP contribution in [0.1, 0.15) is 179 Å². The molecular formula is C39H90N3O4P. The molecule has 0 heterocycles. The molecule has 0 spiro atoms. The second kappa shape index (κ2) is 35.8. The average molecular weight is 696 g/mol. The Morgan fingerprint density at radius 3 is 0.511 bits per heavy atom. The van der Waals surface area contributed by atoms with E-state index in [0.717, 1.165) is 0 Å². The second-order valence-electron chi connectivity index (χ2n) is 14.2. The van der Waals surface area contributed by atoms with E-state index in [9.17, 15) is 0 Å². The highest BCUT2D eigenvalue weighted by Gasteiger charge is 2.25. The molecule has 0 fully saturated rings. The predicted molar refractivity (Wildman–Crippen MR) is 204 cm³/mol. The van der Waals surface area contributed by atoms with Crippen molar-refractivity contribution in [2.75, 3.05) is 78.5 Å². The second-order valence-corrected chi connectivity index (χ2v) is 15.1. The molecule has 0 aromatic heterocycles. The summed E-state index contributed by atoms with van der Waals surface area (Å²) in [5.74, 6) is 0. The molecule has 0 aliphatic heterocycles. The normalized spacial score (nSPS) is 12.0. The van der Waals surface area contributed by atoms with Crippen molar-refractivity contribution in [2.45, 2.75) is 179 Å². The van der Waals surface area contributed by atoms with Crippen molar-refractivity contribution in [1.29, 1.82) is 0 Å². The van der Waals surface area contributed by atoms with Crippen molar-refractivity contribution < 1.29 is 32.7 Å². The number of unbranched alkanes of at least 4 members (excludes halogenated alkanes) is 3. The van der Waals surface area contributed by atoms with Gasteiger partial charge < -0.3 is 32.7 Å². The number of phosphoric acid groups is 1. The minimum Gasteiger partial charge on any atom is -0.822 e. The van der Waals surface area contributed by atoms with Gasteiger partial charge in [-0.25, -0.2) is 0 Å². The molecule has 290 valence electrons. The van der Waals surface area contributed by atoms with Gasteiger partial charge in [-0.3, -0.25) is 0 Å². The molecule has 0 aliphatic rings. The molecule has 0 atom stereocenters. The lowest BCUT2D eigenvalue weighted by molar-refractivity contribution is -0.928. The Morgan fingerprint density at radius 1 is 0.298 bits per heavy atom. The van der Waals surface area contributed by atoms with Gasteiger partial charge in [-0.15, -0.1) is 0 Å². The zero-order valence-electron chi connectivity index (χ0n) is 34.5. The Bertz CT molecular complexity index is 529. The molecular weight excluding hydrogens is 605 g/mol. The van der Waals surface area contributed by atoms with Crippen LogP contribution in [0.15, 0.2) is 0 Å². The molecule has 0 unspecified atom stereocenters. The third-order valence-electron chi connectivity index (χ3n) is 9.24. The third kappa shape index (κ3) is 34.2. The molecule has 0 rings (SSSR count). The first-order valence-corrected chi connectivity index (χ1v) is 22.0. The van der Waals surface area contributed by atoms with Crippen LogP contribution in [0.25, 0.3) is 0 Å². The molecule has 8 heteroatoms. The zero-order valence-corrected chi connectivity index (χ0v) is 35.4. The molecule has 7 nitrogen and oxygen atoms in total. The number of nitrogens with zero attached hydrogens (tertiary/aromatic N) is 3. The largest absolute Gasteiger partial charge is 0.822 e. The summed E-state index contributed by atoms with van der Waals surface area (Å²) in [6, 6.07) is 0. The van der Waals surface area contributed by atoms with Crippen LogP contribution < -0.4 is 14.7 Å². The Kier molecular flexibility index (Phi) is 41.0. The minimum atomic E-state index is -5.39. The lowest BCUT2D eigenvalue weighted by Gasteiger charge is -2.38. The summed E-state index contributed by atoms with van der Waals surface area (Å²) in [6.07, 6.45) is 20.3. The Hall–Kier alpha value is -0.0100. The molecule has 0 bridgehead atoms. The molecule has 0 radical (unpaired) electrons. The van der Waals surface area contributed by atoms with Crippen molar-refractivity contribution in [3.63, 3.8) is 0 Å². The molecule has 0 amide bonds. The highest BCUT2D eigenvalue weighted by molar-refractivity contribution is 7.40. The summed E-state index contributed by atoms with van der Waals surface area (Å²) in [7, 11) is -5.39. The van der Waals surface area contributed by atoms with Gasteiger partial charge in [0.1, 0.15) is 0 Å². The van der Waals surface area contributed by atoms with Gasteiger partial charge >= 0.3 is 0 Å². The van der Waals surface area contributed by atoms with E-state index in [4.69, 9.17) is 19.2 Å². The van der Waals surface area contributed by atoms with Crippen molar-refractivity contribution in [3.8, 4) is 0 Å². The molecule has 47 heavy (non-hydrogen) atoms. The highest BCUT2D eigenvalue weighted by Crippen LogP contribution is 2.15. The lowest BCUT2D eigenvalue weighted by Crippen LogP contribution is -2.50. The van der Waals surface area contributed by atoms with Gasteiger partial charge in [0.15, 0.2) is 0 Å². The number of hydrogen-bond donors (Lipinski definition) is 0. The SMILES string of the molecule is CCCC[N+](CCC)(CCC)CCC.CCCC[N+](CCC)(CCC)CCC.CCCC[N+](CCC)(CCC)CCC.O=P([O-])([O-])[O-]. The van der Waals surface area contributed by atoms with Gasteiger partial charge in [0.25, 0.3) is 0 Å². The first kappa shape index (κ1) is 53.8. The highest BCUT2D eigenvalue weighted by atomic mass is 31.2. The summed E-state index contributed by atoms with van der Waals surface area (Å²) in [5.41, 5.74) is 0. The monoisotopic (exact) mass is 696 g/mol. The van der Waals surface area contributed by atoms with E-state index in [0.29, 0.717) is 0 Å². The van der Waals surface area contributed by atoms with Crippen LogP contribution in [0.4, 0.5) is 0 Å². The van der Waals surface area contributed by atoms with Crippen molar-refractivity contribution in [2.24, 2.45) is 0 Å². The van der Waals surface area contributed by atoms with E-state index < -0.39 is 7.82 Å².